The van der Waals surface area contributed by atoms with E-state index in [1.165, 1.54) is 24.7 Å². The summed E-state index contributed by atoms with van der Waals surface area (Å²) in [5, 5.41) is 0. The van der Waals surface area contributed by atoms with E-state index in [2.05, 4.69) is 47.1 Å². The first kappa shape index (κ1) is 22.0. The van der Waals surface area contributed by atoms with Gasteiger partial charge in [-0.25, -0.2) is 8.42 Å². The third-order valence-corrected chi connectivity index (χ3v) is 8.00. The SMILES string of the molecule is CCN(C(=O)Cc1ccc(S(C)(=O)=O)cc1)C1CC2CCC(C1)N2Cc1ccccc1. The molecule has 2 aliphatic rings. The van der Waals surface area contributed by atoms with Gasteiger partial charge in [0.1, 0.15) is 0 Å². The third-order valence-electron chi connectivity index (χ3n) is 6.88. The normalized spacial score (nSPS) is 23.6. The molecular weight excluding hydrogens is 408 g/mol. The van der Waals surface area contributed by atoms with E-state index in [0.717, 1.165) is 24.9 Å². The summed E-state index contributed by atoms with van der Waals surface area (Å²) in [5.74, 6) is 0.135. The standard InChI is InChI=1S/C25H32N2O3S/c1-3-26(25(28)15-19-9-13-24(14-10-19)31(2,29)30)23-16-21-11-12-22(17-23)27(21)18-20-7-5-4-6-8-20/h4-10,13-14,21-23H,3,11-12,15-18H2,1-2H3. The predicted molar refractivity (Wildman–Crippen MR) is 122 cm³/mol. The average Bonchev–Trinajstić information content (AvgIpc) is 2.96. The van der Waals surface area contributed by atoms with Gasteiger partial charge in [0, 0.05) is 37.5 Å². The first-order valence-corrected chi connectivity index (χ1v) is 13.1. The van der Waals surface area contributed by atoms with Crippen molar-refractivity contribution in [1.82, 2.24) is 9.80 Å². The fourth-order valence-electron chi connectivity index (χ4n) is 5.32. The predicted octanol–water partition coefficient (Wildman–Crippen LogP) is 3.68. The first-order valence-electron chi connectivity index (χ1n) is 11.2. The minimum Gasteiger partial charge on any atom is -0.340 e. The number of sulfone groups is 1. The quantitative estimate of drug-likeness (QED) is 0.659. The first-order chi connectivity index (χ1) is 14.8. The highest BCUT2D eigenvalue weighted by Crippen LogP contribution is 2.38. The molecule has 1 amide bonds. The van der Waals surface area contributed by atoms with E-state index in [9.17, 15) is 13.2 Å². The maximum atomic E-state index is 13.1. The van der Waals surface area contributed by atoms with Crippen LogP contribution >= 0.6 is 0 Å². The van der Waals surface area contributed by atoms with Crippen molar-refractivity contribution in [2.75, 3.05) is 12.8 Å². The van der Waals surface area contributed by atoms with Crippen LogP contribution in [0.3, 0.4) is 0 Å². The minimum atomic E-state index is -3.22. The second kappa shape index (κ2) is 9.13. The maximum Gasteiger partial charge on any atom is 0.227 e. The lowest BCUT2D eigenvalue weighted by Crippen LogP contribution is -2.52. The molecule has 0 aliphatic carbocycles. The molecule has 0 saturated carbocycles. The van der Waals surface area contributed by atoms with Crippen LogP contribution in [0.15, 0.2) is 59.5 Å². The molecule has 5 nitrogen and oxygen atoms in total. The number of hydrogen-bond acceptors (Lipinski definition) is 4. The van der Waals surface area contributed by atoms with Gasteiger partial charge in [0.15, 0.2) is 9.84 Å². The molecule has 2 aromatic rings. The van der Waals surface area contributed by atoms with Gasteiger partial charge < -0.3 is 4.90 Å². The summed E-state index contributed by atoms with van der Waals surface area (Å²) < 4.78 is 23.3. The van der Waals surface area contributed by atoms with Crippen molar-refractivity contribution in [2.24, 2.45) is 0 Å². The van der Waals surface area contributed by atoms with Gasteiger partial charge in [0.25, 0.3) is 0 Å². The van der Waals surface area contributed by atoms with Crippen molar-refractivity contribution in [3.8, 4) is 0 Å². The van der Waals surface area contributed by atoms with E-state index < -0.39 is 9.84 Å². The highest BCUT2D eigenvalue weighted by Gasteiger charge is 2.42. The topological polar surface area (TPSA) is 57.7 Å². The lowest BCUT2D eigenvalue weighted by Gasteiger charge is -2.43. The van der Waals surface area contributed by atoms with Gasteiger partial charge >= 0.3 is 0 Å². The molecule has 0 N–H and O–H groups in total. The van der Waals surface area contributed by atoms with Crippen molar-refractivity contribution in [2.45, 2.75) is 68.6 Å². The van der Waals surface area contributed by atoms with E-state index in [0.29, 0.717) is 29.9 Å². The van der Waals surface area contributed by atoms with Crippen LogP contribution in [0, 0.1) is 0 Å². The van der Waals surface area contributed by atoms with Gasteiger partial charge in [-0.1, -0.05) is 42.5 Å². The minimum absolute atomic E-state index is 0.135. The Bertz CT molecular complexity index is 991. The average molecular weight is 441 g/mol. The molecule has 6 heteroatoms. The fraction of sp³-hybridized carbons (Fsp3) is 0.480. The number of nitrogens with zero attached hydrogens (tertiary/aromatic N) is 2. The molecule has 2 bridgehead atoms. The second-order valence-corrected chi connectivity index (χ2v) is 11.0. The van der Waals surface area contributed by atoms with Crippen molar-refractivity contribution >= 4 is 15.7 Å². The third kappa shape index (κ3) is 5.01. The summed E-state index contributed by atoms with van der Waals surface area (Å²) in [4.78, 5) is 18.1. The largest absolute Gasteiger partial charge is 0.340 e. The van der Waals surface area contributed by atoms with E-state index in [4.69, 9.17) is 0 Å². The molecule has 0 radical (unpaired) electrons. The van der Waals surface area contributed by atoms with Crippen LogP contribution in [0.1, 0.15) is 43.7 Å². The molecule has 2 heterocycles. The van der Waals surface area contributed by atoms with E-state index in [1.807, 2.05) is 0 Å². The number of fused-ring (bicyclic) bond motifs is 2. The Labute approximate surface area is 186 Å². The van der Waals surface area contributed by atoms with Gasteiger partial charge in [0.2, 0.25) is 5.91 Å². The molecule has 166 valence electrons. The second-order valence-electron chi connectivity index (χ2n) is 8.94. The molecule has 0 spiro atoms. The Kier molecular flexibility index (Phi) is 6.49. The van der Waals surface area contributed by atoms with Crippen LogP contribution in [0.5, 0.6) is 0 Å². The molecule has 2 saturated heterocycles. The van der Waals surface area contributed by atoms with Crippen LogP contribution in [0.4, 0.5) is 0 Å². The molecule has 0 aromatic heterocycles. The number of likely N-dealkylation sites (N-methyl/N-ethyl adjacent to an activating group) is 1. The van der Waals surface area contributed by atoms with Crippen LogP contribution in [-0.4, -0.2) is 55.1 Å². The highest BCUT2D eigenvalue weighted by molar-refractivity contribution is 7.90. The number of hydrogen-bond donors (Lipinski definition) is 0. The van der Waals surface area contributed by atoms with E-state index in [-0.39, 0.29) is 11.9 Å². The number of rotatable bonds is 7. The number of carbonyl (C=O) groups is 1. The Balaban J connectivity index is 1.40. The van der Waals surface area contributed by atoms with Gasteiger partial charge in [0.05, 0.1) is 11.3 Å². The number of amides is 1. The molecule has 2 atom stereocenters. The van der Waals surface area contributed by atoms with Crippen molar-refractivity contribution in [3.63, 3.8) is 0 Å². The zero-order valence-corrected chi connectivity index (χ0v) is 19.2. The van der Waals surface area contributed by atoms with Gasteiger partial charge in [-0.3, -0.25) is 9.69 Å². The molecule has 2 aromatic carbocycles. The molecule has 2 fully saturated rings. The van der Waals surface area contributed by atoms with Crippen LogP contribution in [0.2, 0.25) is 0 Å². The zero-order chi connectivity index (χ0) is 22.0. The monoisotopic (exact) mass is 440 g/mol. The molecule has 4 rings (SSSR count). The van der Waals surface area contributed by atoms with Gasteiger partial charge in [-0.05, 0) is 55.9 Å². The Morgan fingerprint density at radius 2 is 1.58 bits per heavy atom. The Hall–Kier alpha value is -2.18. The van der Waals surface area contributed by atoms with Crippen molar-refractivity contribution in [1.29, 1.82) is 0 Å². The van der Waals surface area contributed by atoms with Crippen molar-refractivity contribution in [3.05, 3.63) is 65.7 Å². The maximum absolute atomic E-state index is 13.1. The lowest BCUT2D eigenvalue weighted by atomic mass is 9.94. The molecule has 2 unspecified atom stereocenters. The molecule has 31 heavy (non-hydrogen) atoms. The summed E-state index contributed by atoms with van der Waals surface area (Å²) in [7, 11) is -3.22. The number of carbonyl (C=O) groups excluding carboxylic acids is 1. The summed E-state index contributed by atoms with van der Waals surface area (Å²) in [5.41, 5.74) is 2.22. The zero-order valence-electron chi connectivity index (χ0n) is 18.4. The van der Waals surface area contributed by atoms with Crippen LogP contribution in [-0.2, 0) is 27.6 Å². The molecular formula is C25H32N2O3S. The highest BCUT2D eigenvalue weighted by atomic mass is 32.2. The van der Waals surface area contributed by atoms with Gasteiger partial charge in [-0.15, -0.1) is 0 Å². The lowest BCUT2D eigenvalue weighted by molar-refractivity contribution is -0.134. The van der Waals surface area contributed by atoms with E-state index in [1.54, 1.807) is 24.3 Å². The van der Waals surface area contributed by atoms with Gasteiger partial charge in [-0.2, -0.15) is 0 Å². The van der Waals surface area contributed by atoms with E-state index >= 15 is 0 Å². The van der Waals surface area contributed by atoms with Crippen LogP contribution in [0.25, 0.3) is 0 Å². The number of piperidine rings is 1. The summed E-state index contributed by atoms with van der Waals surface area (Å²) in [6.07, 6.45) is 6.02. The number of benzene rings is 2. The summed E-state index contributed by atoms with van der Waals surface area (Å²) in [6.45, 7) is 3.77. The molecule has 2 aliphatic heterocycles. The van der Waals surface area contributed by atoms with Crippen molar-refractivity contribution < 1.29 is 13.2 Å². The van der Waals surface area contributed by atoms with Crippen LogP contribution < -0.4 is 0 Å². The fourth-order valence-corrected chi connectivity index (χ4v) is 5.95. The summed E-state index contributed by atoms with van der Waals surface area (Å²) >= 11 is 0. The summed E-state index contributed by atoms with van der Waals surface area (Å²) in [6, 6.07) is 18.7. The Morgan fingerprint density at radius 1 is 0.968 bits per heavy atom. The smallest absolute Gasteiger partial charge is 0.227 e. The Morgan fingerprint density at radius 3 is 2.13 bits per heavy atom.